The van der Waals surface area contributed by atoms with Crippen molar-refractivity contribution in [1.82, 2.24) is 9.97 Å². The van der Waals surface area contributed by atoms with Gasteiger partial charge in [0.1, 0.15) is 6.54 Å². The number of nitrogen functional groups attached to an aromatic ring is 1. The van der Waals surface area contributed by atoms with Crippen molar-refractivity contribution in [2.75, 3.05) is 23.7 Å². The molecular weight excluding hydrogens is 273 g/mol. The standard InChI is InChI=1S/C12H13F3N4O/c1-2-19(5-12(13,14)15)10-4-9-7(3-8(10)16)11(20)18-6-17-9/h3-4,6H,2,5,16H2,1H3,(H,17,18,20). The number of benzene rings is 1. The van der Waals surface area contributed by atoms with E-state index in [0.717, 1.165) is 4.90 Å². The molecule has 0 saturated heterocycles. The van der Waals surface area contributed by atoms with Crippen LogP contribution < -0.4 is 16.2 Å². The lowest BCUT2D eigenvalue weighted by Gasteiger charge is -2.25. The number of halogens is 3. The van der Waals surface area contributed by atoms with Crippen LogP contribution in [0.25, 0.3) is 10.9 Å². The van der Waals surface area contributed by atoms with Crippen LogP contribution in [0.1, 0.15) is 6.92 Å². The number of hydrogen-bond acceptors (Lipinski definition) is 4. The van der Waals surface area contributed by atoms with Crippen LogP contribution in [-0.4, -0.2) is 29.2 Å². The zero-order chi connectivity index (χ0) is 14.9. The summed E-state index contributed by atoms with van der Waals surface area (Å²) >= 11 is 0. The summed E-state index contributed by atoms with van der Waals surface area (Å²) in [6, 6.07) is 2.74. The van der Waals surface area contributed by atoms with Gasteiger partial charge in [0.25, 0.3) is 5.56 Å². The first-order valence-corrected chi connectivity index (χ1v) is 5.90. The molecule has 0 amide bonds. The average Bonchev–Trinajstić information content (AvgIpc) is 2.35. The summed E-state index contributed by atoms with van der Waals surface area (Å²) in [5, 5.41) is 0.247. The minimum Gasteiger partial charge on any atom is -0.397 e. The number of alkyl halides is 3. The summed E-state index contributed by atoms with van der Waals surface area (Å²) in [7, 11) is 0. The van der Waals surface area contributed by atoms with Crippen LogP contribution in [0.15, 0.2) is 23.3 Å². The van der Waals surface area contributed by atoms with Crippen molar-refractivity contribution in [3.63, 3.8) is 0 Å². The zero-order valence-corrected chi connectivity index (χ0v) is 10.7. The van der Waals surface area contributed by atoms with Gasteiger partial charge in [0.2, 0.25) is 0 Å². The molecule has 5 nitrogen and oxygen atoms in total. The number of rotatable bonds is 3. The third-order valence-electron chi connectivity index (χ3n) is 2.88. The fourth-order valence-electron chi connectivity index (χ4n) is 1.98. The van der Waals surface area contributed by atoms with E-state index in [1.165, 1.54) is 18.5 Å². The van der Waals surface area contributed by atoms with E-state index >= 15 is 0 Å². The highest BCUT2D eigenvalue weighted by molar-refractivity contribution is 5.88. The topological polar surface area (TPSA) is 75.0 Å². The summed E-state index contributed by atoms with van der Waals surface area (Å²) in [4.78, 5) is 19.0. The Labute approximate surface area is 112 Å². The van der Waals surface area contributed by atoms with Crippen molar-refractivity contribution < 1.29 is 13.2 Å². The van der Waals surface area contributed by atoms with Crippen molar-refractivity contribution in [2.45, 2.75) is 13.1 Å². The smallest absolute Gasteiger partial charge is 0.397 e. The van der Waals surface area contributed by atoms with E-state index in [9.17, 15) is 18.0 Å². The summed E-state index contributed by atoms with van der Waals surface area (Å²) in [6.45, 7) is 0.626. The van der Waals surface area contributed by atoms with E-state index in [-0.39, 0.29) is 28.9 Å². The first-order valence-electron chi connectivity index (χ1n) is 5.90. The maximum atomic E-state index is 12.5. The van der Waals surface area contributed by atoms with E-state index in [0.29, 0.717) is 5.52 Å². The molecule has 0 aliphatic carbocycles. The van der Waals surface area contributed by atoms with Crippen LogP contribution in [-0.2, 0) is 0 Å². The van der Waals surface area contributed by atoms with Gasteiger partial charge in [0, 0.05) is 6.54 Å². The third kappa shape index (κ3) is 2.84. The summed E-state index contributed by atoms with van der Waals surface area (Å²) in [6.07, 6.45) is -3.14. The minimum atomic E-state index is -4.33. The molecule has 1 aromatic heterocycles. The van der Waals surface area contributed by atoms with Gasteiger partial charge < -0.3 is 15.6 Å². The van der Waals surface area contributed by atoms with Gasteiger partial charge in [-0.15, -0.1) is 0 Å². The number of H-pyrrole nitrogens is 1. The molecule has 0 atom stereocenters. The monoisotopic (exact) mass is 286 g/mol. The molecule has 1 heterocycles. The second-order valence-electron chi connectivity index (χ2n) is 4.29. The number of fused-ring (bicyclic) bond motifs is 1. The molecule has 8 heteroatoms. The number of nitrogens with one attached hydrogen (secondary N) is 1. The van der Waals surface area contributed by atoms with Gasteiger partial charge in [-0.05, 0) is 19.1 Å². The van der Waals surface area contributed by atoms with Gasteiger partial charge in [-0.2, -0.15) is 13.2 Å². The second-order valence-corrected chi connectivity index (χ2v) is 4.29. The Morgan fingerprint density at radius 2 is 2.10 bits per heavy atom. The quantitative estimate of drug-likeness (QED) is 0.845. The van der Waals surface area contributed by atoms with Crippen molar-refractivity contribution in [3.05, 3.63) is 28.8 Å². The Hall–Kier alpha value is -2.25. The summed E-state index contributed by atoms with van der Waals surface area (Å²) in [5.41, 5.74) is 6.01. The number of nitrogens with two attached hydrogens (primary N) is 1. The lowest BCUT2D eigenvalue weighted by Crippen LogP contribution is -2.34. The Morgan fingerprint density at radius 1 is 1.40 bits per heavy atom. The van der Waals surface area contributed by atoms with Gasteiger partial charge in [-0.25, -0.2) is 4.98 Å². The van der Waals surface area contributed by atoms with Gasteiger partial charge in [0.05, 0.1) is 28.6 Å². The van der Waals surface area contributed by atoms with Crippen molar-refractivity contribution >= 4 is 22.3 Å². The van der Waals surface area contributed by atoms with Crippen LogP contribution in [0.2, 0.25) is 0 Å². The molecule has 0 spiro atoms. The normalized spacial score (nSPS) is 11.8. The number of hydrogen-bond donors (Lipinski definition) is 2. The van der Waals surface area contributed by atoms with Crippen molar-refractivity contribution in [1.29, 1.82) is 0 Å². The molecule has 2 aromatic rings. The molecule has 0 aliphatic heterocycles. The van der Waals surface area contributed by atoms with E-state index in [1.54, 1.807) is 6.92 Å². The SMILES string of the molecule is CCN(CC(F)(F)F)c1cc2nc[nH]c(=O)c2cc1N. The van der Waals surface area contributed by atoms with Crippen LogP contribution in [0.4, 0.5) is 24.5 Å². The number of anilines is 2. The fourth-order valence-corrected chi connectivity index (χ4v) is 1.98. The molecule has 108 valence electrons. The van der Waals surface area contributed by atoms with Gasteiger partial charge in [0.15, 0.2) is 0 Å². The first-order chi connectivity index (χ1) is 9.31. The van der Waals surface area contributed by atoms with Crippen LogP contribution in [0.5, 0.6) is 0 Å². The van der Waals surface area contributed by atoms with E-state index in [2.05, 4.69) is 9.97 Å². The zero-order valence-electron chi connectivity index (χ0n) is 10.7. The summed E-state index contributed by atoms with van der Waals surface area (Å²) < 4.78 is 37.6. The van der Waals surface area contributed by atoms with Crippen LogP contribution in [0.3, 0.4) is 0 Å². The molecular formula is C12H13F3N4O. The fraction of sp³-hybridized carbons (Fsp3) is 0.333. The molecule has 20 heavy (non-hydrogen) atoms. The van der Waals surface area contributed by atoms with Gasteiger partial charge in [-0.3, -0.25) is 4.79 Å². The number of aromatic nitrogens is 2. The Balaban J connectivity index is 2.53. The lowest BCUT2D eigenvalue weighted by molar-refractivity contribution is -0.119. The average molecular weight is 286 g/mol. The highest BCUT2D eigenvalue weighted by atomic mass is 19.4. The molecule has 0 bridgehead atoms. The first kappa shape index (κ1) is 14.2. The van der Waals surface area contributed by atoms with E-state index in [4.69, 9.17) is 5.73 Å². The van der Waals surface area contributed by atoms with Crippen molar-refractivity contribution in [2.24, 2.45) is 0 Å². The van der Waals surface area contributed by atoms with E-state index in [1.807, 2.05) is 0 Å². The minimum absolute atomic E-state index is 0.113. The Kier molecular flexibility index (Phi) is 3.56. The summed E-state index contributed by atoms with van der Waals surface area (Å²) in [5.74, 6) is 0. The van der Waals surface area contributed by atoms with Crippen LogP contribution in [0, 0.1) is 0 Å². The third-order valence-corrected chi connectivity index (χ3v) is 2.88. The molecule has 3 N–H and O–H groups in total. The van der Waals surface area contributed by atoms with E-state index < -0.39 is 12.7 Å². The predicted molar refractivity (Wildman–Crippen MR) is 70.7 cm³/mol. The molecule has 0 fully saturated rings. The van der Waals surface area contributed by atoms with Crippen molar-refractivity contribution in [3.8, 4) is 0 Å². The van der Waals surface area contributed by atoms with Gasteiger partial charge in [-0.1, -0.05) is 0 Å². The molecule has 1 aromatic carbocycles. The molecule has 0 aliphatic rings. The maximum absolute atomic E-state index is 12.5. The molecule has 0 unspecified atom stereocenters. The molecule has 0 radical (unpaired) electrons. The van der Waals surface area contributed by atoms with Gasteiger partial charge >= 0.3 is 6.18 Å². The maximum Gasteiger partial charge on any atom is 0.405 e. The second kappa shape index (κ2) is 5.03. The number of aromatic amines is 1. The highest BCUT2D eigenvalue weighted by Gasteiger charge is 2.31. The Bertz CT molecular complexity index is 680. The largest absolute Gasteiger partial charge is 0.405 e. The lowest BCUT2D eigenvalue weighted by atomic mass is 10.1. The van der Waals surface area contributed by atoms with Crippen LogP contribution >= 0.6 is 0 Å². The molecule has 0 saturated carbocycles. The highest BCUT2D eigenvalue weighted by Crippen LogP contribution is 2.29. The molecule has 2 rings (SSSR count). The Morgan fingerprint density at radius 3 is 2.70 bits per heavy atom. The number of nitrogens with zero attached hydrogens (tertiary/aromatic N) is 2. The predicted octanol–water partition coefficient (Wildman–Crippen LogP) is 1.89.